The molecule has 1 aliphatic rings. The van der Waals surface area contributed by atoms with Crippen molar-refractivity contribution in [2.24, 2.45) is 0 Å². The van der Waals surface area contributed by atoms with Crippen LogP contribution in [0.3, 0.4) is 0 Å². The first-order valence-electron chi connectivity index (χ1n) is 3.66. The Balaban J connectivity index is 2.55. The van der Waals surface area contributed by atoms with Gasteiger partial charge in [-0.25, -0.2) is 14.8 Å². The van der Waals surface area contributed by atoms with Crippen LogP contribution in [0.2, 0.25) is 5.15 Å². The second-order valence-electron chi connectivity index (χ2n) is 2.60. The number of halogens is 1. The summed E-state index contributed by atoms with van der Waals surface area (Å²) in [7, 11) is 0. The zero-order valence-electron chi connectivity index (χ0n) is 6.74. The van der Waals surface area contributed by atoms with Gasteiger partial charge in [-0.2, -0.15) is 0 Å². The van der Waals surface area contributed by atoms with Gasteiger partial charge in [0, 0.05) is 0 Å². The smallest absolute Gasteiger partial charge is 0.413 e. The molecule has 1 aromatic heterocycles. The Morgan fingerprint density at radius 3 is 3.15 bits per heavy atom. The molecule has 13 heavy (non-hydrogen) atoms. The zero-order valence-corrected chi connectivity index (χ0v) is 7.50. The molecule has 0 fully saturated rings. The molecular formula is C7H6ClN3O2. The lowest BCUT2D eigenvalue weighted by molar-refractivity contribution is 0.116. The molecule has 1 unspecified atom stereocenters. The number of nitrogens with one attached hydrogen (secondary N) is 1. The molecule has 1 N–H and O–H groups in total. The Hall–Kier alpha value is -1.36. The van der Waals surface area contributed by atoms with Gasteiger partial charge in [-0.15, -0.1) is 0 Å². The van der Waals surface area contributed by atoms with Crippen LogP contribution < -0.4 is 5.32 Å². The molecule has 0 saturated heterocycles. The van der Waals surface area contributed by atoms with Crippen LogP contribution in [0.5, 0.6) is 0 Å². The summed E-state index contributed by atoms with van der Waals surface area (Å²) in [4.78, 5) is 18.6. The first-order chi connectivity index (χ1) is 6.18. The number of fused-ring (bicyclic) bond motifs is 1. The highest BCUT2D eigenvalue weighted by Crippen LogP contribution is 2.32. The van der Waals surface area contributed by atoms with Gasteiger partial charge in [0.05, 0.1) is 5.56 Å². The number of carbonyl (C=O) groups is 1. The molecule has 0 bridgehead atoms. The second-order valence-corrected chi connectivity index (χ2v) is 2.96. The first kappa shape index (κ1) is 8.25. The average molecular weight is 200 g/mol. The summed E-state index contributed by atoms with van der Waals surface area (Å²) in [6, 6.07) is 0. The third kappa shape index (κ3) is 1.31. The number of cyclic esters (lactones) is 1. The lowest BCUT2D eigenvalue weighted by atomic mass is 10.2. The SMILES string of the molecule is CC1OC(=O)Nc2ncnc(Cl)c21. The molecule has 2 rings (SSSR count). The summed E-state index contributed by atoms with van der Waals surface area (Å²) in [5, 5.41) is 2.74. The van der Waals surface area contributed by atoms with Gasteiger partial charge in [0.1, 0.15) is 23.4 Å². The highest BCUT2D eigenvalue weighted by atomic mass is 35.5. The van der Waals surface area contributed by atoms with Gasteiger partial charge in [0.15, 0.2) is 0 Å². The molecule has 0 aliphatic carbocycles. The number of aromatic nitrogens is 2. The summed E-state index contributed by atoms with van der Waals surface area (Å²) >= 11 is 5.80. The van der Waals surface area contributed by atoms with Crippen molar-refractivity contribution in [3.8, 4) is 0 Å². The number of hydrogen-bond acceptors (Lipinski definition) is 4. The Morgan fingerprint density at radius 1 is 1.62 bits per heavy atom. The molecule has 6 heteroatoms. The molecule has 0 aromatic carbocycles. The van der Waals surface area contributed by atoms with Crippen molar-refractivity contribution in [3.63, 3.8) is 0 Å². The summed E-state index contributed by atoms with van der Waals surface area (Å²) in [5.41, 5.74) is 0.615. The highest BCUT2D eigenvalue weighted by Gasteiger charge is 2.26. The van der Waals surface area contributed by atoms with Gasteiger partial charge < -0.3 is 4.74 Å². The summed E-state index contributed by atoms with van der Waals surface area (Å²) < 4.78 is 4.88. The van der Waals surface area contributed by atoms with E-state index >= 15 is 0 Å². The number of carbonyl (C=O) groups excluding carboxylic acids is 1. The number of hydrogen-bond donors (Lipinski definition) is 1. The van der Waals surface area contributed by atoms with Crippen LogP contribution in [0.15, 0.2) is 6.33 Å². The van der Waals surface area contributed by atoms with E-state index in [9.17, 15) is 4.79 Å². The molecule has 1 atom stereocenters. The summed E-state index contributed by atoms with van der Waals surface area (Å²) in [5.74, 6) is 0.420. The van der Waals surface area contributed by atoms with Crippen LogP contribution in [0, 0.1) is 0 Å². The van der Waals surface area contributed by atoms with Gasteiger partial charge in [-0.1, -0.05) is 11.6 Å². The lowest BCUT2D eigenvalue weighted by Crippen LogP contribution is -2.24. The Kier molecular flexibility index (Phi) is 1.81. The molecule has 68 valence electrons. The third-order valence-electron chi connectivity index (χ3n) is 1.75. The van der Waals surface area contributed by atoms with Crippen molar-refractivity contribution < 1.29 is 9.53 Å². The van der Waals surface area contributed by atoms with Crippen molar-refractivity contribution in [2.75, 3.05) is 5.32 Å². The van der Waals surface area contributed by atoms with Crippen molar-refractivity contribution in [2.45, 2.75) is 13.0 Å². The fourth-order valence-electron chi connectivity index (χ4n) is 1.18. The molecule has 2 heterocycles. The highest BCUT2D eigenvalue weighted by molar-refractivity contribution is 6.30. The minimum absolute atomic E-state index is 0.303. The molecule has 1 amide bonds. The van der Waals surface area contributed by atoms with E-state index < -0.39 is 12.2 Å². The van der Waals surface area contributed by atoms with Crippen molar-refractivity contribution in [1.82, 2.24) is 9.97 Å². The van der Waals surface area contributed by atoms with E-state index in [4.69, 9.17) is 16.3 Å². The number of nitrogens with zero attached hydrogens (tertiary/aromatic N) is 2. The van der Waals surface area contributed by atoms with E-state index in [0.29, 0.717) is 16.5 Å². The van der Waals surface area contributed by atoms with E-state index in [1.807, 2.05) is 0 Å². The van der Waals surface area contributed by atoms with Crippen LogP contribution in [0.1, 0.15) is 18.6 Å². The summed E-state index contributed by atoms with van der Waals surface area (Å²) in [6.45, 7) is 1.72. The van der Waals surface area contributed by atoms with E-state index in [0.717, 1.165) is 0 Å². The lowest BCUT2D eigenvalue weighted by Gasteiger charge is -2.22. The molecule has 0 spiro atoms. The molecule has 1 aromatic rings. The number of amides is 1. The quantitative estimate of drug-likeness (QED) is 0.647. The molecule has 5 nitrogen and oxygen atoms in total. The Morgan fingerprint density at radius 2 is 2.38 bits per heavy atom. The molecule has 0 radical (unpaired) electrons. The number of rotatable bonds is 0. The zero-order chi connectivity index (χ0) is 9.42. The van der Waals surface area contributed by atoms with Crippen molar-refractivity contribution >= 4 is 23.5 Å². The number of ether oxygens (including phenoxy) is 1. The fraction of sp³-hybridized carbons (Fsp3) is 0.286. The average Bonchev–Trinajstić information content (AvgIpc) is 2.02. The maximum atomic E-state index is 10.9. The maximum absolute atomic E-state index is 10.9. The maximum Gasteiger partial charge on any atom is 0.413 e. The molecular weight excluding hydrogens is 194 g/mol. The monoisotopic (exact) mass is 199 g/mol. The molecule has 0 saturated carbocycles. The van der Waals surface area contributed by atoms with Crippen LogP contribution in [0.4, 0.5) is 10.6 Å². The topological polar surface area (TPSA) is 64.1 Å². The van der Waals surface area contributed by atoms with Gasteiger partial charge >= 0.3 is 6.09 Å². The predicted octanol–water partition coefficient (Wildman–Crippen LogP) is 1.75. The van der Waals surface area contributed by atoms with Crippen LogP contribution in [-0.2, 0) is 4.74 Å². The minimum Gasteiger partial charge on any atom is -0.441 e. The van der Waals surface area contributed by atoms with Gasteiger partial charge in [0.25, 0.3) is 0 Å². The Labute approximate surface area is 79.1 Å². The fourth-order valence-corrected chi connectivity index (χ4v) is 1.47. The standard InChI is InChI=1S/C7H6ClN3O2/c1-3-4-5(8)9-2-10-6(4)11-7(12)13-3/h2-3H,1H3,(H,9,10,11,12). The minimum atomic E-state index is -0.519. The van der Waals surface area contributed by atoms with Crippen LogP contribution in [-0.4, -0.2) is 16.1 Å². The van der Waals surface area contributed by atoms with E-state index in [2.05, 4.69) is 15.3 Å². The largest absolute Gasteiger partial charge is 0.441 e. The normalized spacial score (nSPS) is 20.2. The van der Waals surface area contributed by atoms with Crippen LogP contribution in [0.25, 0.3) is 0 Å². The number of anilines is 1. The van der Waals surface area contributed by atoms with Gasteiger partial charge in [-0.3, -0.25) is 5.32 Å². The van der Waals surface area contributed by atoms with Crippen LogP contribution >= 0.6 is 11.6 Å². The molecule has 1 aliphatic heterocycles. The van der Waals surface area contributed by atoms with E-state index in [-0.39, 0.29) is 0 Å². The predicted molar refractivity (Wildman–Crippen MR) is 45.6 cm³/mol. The van der Waals surface area contributed by atoms with Gasteiger partial charge in [-0.05, 0) is 6.92 Å². The van der Waals surface area contributed by atoms with E-state index in [1.165, 1.54) is 6.33 Å². The Bertz CT molecular complexity index is 369. The van der Waals surface area contributed by atoms with Crippen molar-refractivity contribution in [3.05, 3.63) is 17.0 Å². The van der Waals surface area contributed by atoms with Gasteiger partial charge in [0.2, 0.25) is 0 Å². The summed E-state index contributed by atoms with van der Waals surface area (Å²) in [6.07, 6.45) is 0.367. The third-order valence-corrected chi connectivity index (χ3v) is 2.05. The first-order valence-corrected chi connectivity index (χ1v) is 4.04. The van der Waals surface area contributed by atoms with E-state index in [1.54, 1.807) is 6.92 Å². The van der Waals surface area contributed by atoms with Crippen molar-refractivity contribution in [1.29, 1.82) is 0 Å². The second kappa shape index (κ2) is 2.85.